The largest absolute Gasteiger partial charge is 0.381 e. The minimum absolute atomic E-state index is 0.716. The minimum atomic E-state index is 0.716. The highest BCUT2D eigenvalue weighted by atomic mass is 16.5. The molecule has 2 aliphatic heterocycles. The van der Waals surface area contributed by atoms with Crippen LogP contribution < -0.4 is 5.32 Å². The molecule has 1 atom stereocenters. The van der Waals surface area contributed by atoms with Crippen LogP contribution in [0.15, 0.2) is 4.99 Å². The number of aliphatic imine (C=N–C) groups is 1. The predicted octanol–water partition coefficient (Wildman–Crippen LogP) is 0.805. The second-order valence-electron chi connectivity index (χ2n) is 3.54. The minimum Gasteiger partial charge on any atom is -0.381 e. The van der Waals surface area contributed by atoms with E-state index in [0.717, 1.165) is 32.7 Å². The van der Waals surface area contributed by atoms with Crippen LogP contribution >= 0.6 is 0 Å². The van der Waals surface area contributed by atoms with Gasteiger partial charge in [-0.15, -0.1) is 0 Å². The Hall–Kier alpha value is -0.570. The normalized spacial score (nSPS) is 29.0. The van der Waals surface area contributed by atoms with Crippen LogP contribution in [0.4, 0.5) is 0 Å². The number of nitrogens with zero attached hydrogens (tertiary/aromatic N) is 1. The second-order valence-corrected chi connectivity index (χ2v) is 3.54. The highest BCUT2D eigenvalue weighted by Crippen LogP contribution is 2.11. The van der Waals surface area contributed by atoms with Gasteiger partial charge in [-0.1, -0.05) is 0 Å². The van der Waals surface area contributed by atoms with Crippen LogP contribution in [-0.2, 0) is 4.74 Å². The van der Waals surface area contributed by atoms with Gasteiger partial charge in [-0.05, 0) is 12.8 Å². The highest BCUT2D eigenvalue weighted by Gasteiger charge is 2.16. The van der Waals surface area contributed by atoms with Crippen LogP contribution in [0, 0.1) is 5.92 Å². The first-order valence-corrected chi connectivity index (χ1v) is 4.80. The fourth-order valence-electron chi connectivity index (χ4n) is 1.69. The molecule has 2 aliphatic rings. The molecule has 1 unspecified atom stereocenters. The average molecular weight is 168 g/mol. The topological polar surface area (TPSA) is 33.6 Å². The van der Waals surface area contributed by atoms with Gasteiger partial charge in [0.25, 0.3) is 0 Å². The third-order valence-corrected chi connectivity index (χ3v) is 2.49. The smallest absolute Gasteiger partial charge is 0.0963 e. The van der Waals surface area contributed by atoms with Crippen LogP contribution in [0.25, 0.3) is 0 Å². The Morgan fingerprint density at radius 1 is 1.58 bits per heavy atom. The standard InChI is InChI=1S/C9H16N2O/c1-2-9(10-4-1)11-6-8-3-5-12-7-8/h8H,1-7H2,(H,10,11). The Kier molecular flexibility index (Phi) is 2.61. The predicted molar refractivity (Wildman–Crippen MR) is 48.5 cm³/mol. The molecule has 12 heavy (non-hydrogen) atoms. The van der Waals surface area contributed by atoms with Gasteiger partial charge in [-0.2, -0.15) is 0 Å². The number of hydrogen-bond acceptors (Lipinski definition) is 3. The lowest BCUT2D eigenvalue weighted by Crippen LogP contribution is -2.28. The van der Waals surface area contributed by atoms with E-state index in [1.54, 1.807) is 0 Å². The molecule has 2 heterocycles. The van der Waals surface area contributed by atoms with Gasteiger partial charge in [0, 0.05) is 32.0 Å². The molecule has 3 nitrogen and oxygen atoms in total. The Labute approximate surface area is 73.2 Å². The summed E-state index contributed by atoms with van der Waals surface area (Å²) in [5.74, 6) is 1.93. The van der Waals surface area contributed by atoms with Crippen LogP contribution in [0.5, 0.6) is 0 Å². The van der Waals surface area contributed by atoms with Gasteiger partial charge < -0.3 is 10.1 Å². The molecule has 0 aromatic carbocycles. The fraction of sp³-hybridized carbons (Fsp3) is 0.889. The molecular weight excluding hydrogens is 152 g/mol. The van der Waals surface area contributed by atoms with Gasteiger partial charge in [0.2, 0.25) is 0 Å². The maximum atomic E-state index is 5.29. The van der Waals surface area contributed by atoms with E-state index in [4.69, 9.17) is 4.74 Å². The van der Waals surface area contributed by atoms with Gasteiger partial charge in [-0.3, -0.25) is 4.99 Å². The van der Waals surface area contributed by atoms with Crippen LogP contribution in [0.1, 0.15) is 19.3 Å². The quantitative estimate of drug-likeness (QED) is 0.662. The Morgan fingerprint density at radius 2 is 2.58 bits per heavy atom. The summed E-state index contributed by atoms with van der Waals surface area (Å²) in [5, 5.41) is 3.39. The summed E-state index contributed by atoms with van der Waals surface area (Å²) < 4.78 is 5.29. The lowest BCUT2D eigenvalue weighted by Gasteiger charge is -2.09. The monoisotopic (exact) mass is 168 g/mol. The lowest BCUT2D eigenvalue weighted by molar-refractivity contribution is 0.186. The Morgan fingerprint density at radius 3 is 3.25 bits per heavy atom. The van der Waals surface area contributed by atoms with Gasteiger partial charge in [0.15, 0.2) is 0 Å². The SMILES string of the molecule is C1CN=C(NCC2CCOC2)C1. The number of ether oxygens (including phenoxy) is 1. The van der Waals surface area contributed by atoms with Crippen molar-refractivity contribution in [2.24, 2.45) is 10.9 Å². The van der Waals surface area contributed by atoms with Crippen molar-refractivity contribution in [3.05, 3.63) is 0 Å². The molecule has 2 rings (SSSR count). The van der Waals surface area contributed by atoms with E-state index in [2.05, 4.69) is 10.3 Å². The van der Waals surface area contributed by atoms with Crippen molar-refractivity contribution in [3.8, 4) is 0 Å². The van der Waals surface area contributed by atoms with Crippen molar-refractivity contribution < 1.29 is 4.74 Å². The fourth-order valence-corrected chi connectivity index (χ4v) is 1.69. The zero-order chi connectivity index (χ0) is 8.23. The van der Waals surface area contributed by atoms with Crippen molar-refractivity contribution in [2.75, 3.05) is 26.3 Å². The molecule has 1 fully saturated rings. The zero-order valence-electron chi connectivity index (χ0n) is 7.38. The highest BCUT2D eigenvalue weighted by molar-refractivity contribution is 5.83. The van der Waals surface area contributed by atoms with Gasteiger partial charge in [0.1, 0.15) is 0 Å². The summed E-state index contributed by atoms with van der Waals surface area (Å²) in [5.41, 5.74) is 0. The Bertz CT molecular complexity index is 173. The molecule has 1 saturated heterocycles. The van der Waals surface area contributed by atoms with E-state index in [9.17, 15) is 0 Å². The molecule has 0 aliphatic carbocycles. The first-order valence-electron chi connectivity index (χ1n) is 4.80. The molecule has 0 saturated carbocycles. The molecule has 0 radical (unpaired) electrons. The summed E-state index contributed by atoms with van der Waals surface area (Å²) in [6.07, 6.45) is 3.58. The van der Waals surface area contributed by atoms with Crippen molar-refractivity contribution in [3.63, 3.8) is 0 Å². The molecular formula is C9H16N2O. The summed E-state index contributed by atoms with van der Waals surface area (Å²) >= 11 is 0. The summed E-state index contributed by atoms with van der Waals surface area (Å²) in [7, 11) is 0. The second kappa shape index (κ2) is 3.90. The Balaban J connectivity index is 1.67. The average Bonchev–Trinajstić information content (AvgIpc) is 2.74. The van der Waals surface area contributed by atoms with Crippen molar-refractivity contribution >= 4 is 5.84 Å². The summed E-state index contributed by atoms with van der Waals surface area (Å²) in [4.78, 5) is 4.36. The van der Waals surface area contributed by atoms with E-state index < -0.39 is 0 Å². The molecule has 0 bridgehead atoms. The first kappa shape index (κ1) is 8.05. The van der Waals surface area contributed by atoms with Gasteiger partial charge in [-0.25, -0.2) is 0 Å². The molecule has 0 aromatic heterocycles. The van der Waals surface area contributed by atoms with Crippen molar-refractivity contribution in [2.45, 2.75) is 19.3 Å². The first-order chi connectivity index (χ1) is 5.95. The molecule has 0 spiro atoms. The van der Waals surface area contributed by atoms with E-state index in [1.165, 1.54) is 18.7 Å². The maximum absolute atomic E-state index is 5.29. The number of amidine groups is 1. The molecule has 3 heteroatoms. The maximum Gasteiger partial charge on any atom is 0.0963 e. The van der Waals surface area contributed by atoms with Crippen LogP contribution in [0.2, 0.25) is 0 Å². The molecule has 0 amide bonds. The number of rotatable bonds is 2. The lowest BCUT2D eigenvalue weighted by atomic mass is 10.1. The summed E-state index contributed by atoms with van der Waals surface area (Å²) in [6, 6.07) is 0. The number of nitrogens with one attached hydrogen (secondary N) is 1. The molecule has 0 aromatic rings. The van der Waals surface area contributed by atoms with E-state index in [0.29, 0.717) is 5.92 Å². The van der Waals surface area contributed by atoms with Crippen molar-refractivity contribution in [1.82, 2.24) is 5.32 Å². The van der Waals surface area contributed by atoms with E-state index >= 15 is 0 Å². The molecule has 1 N–H and O–H groups in total. The van der Waals surface area contributed by atoms with Crippen molar-refractivity contribution in [1.29, 1.82) is 0 Å². The summed E-state index contributed by atoms with van der Waals surface area (Å²) in [6.45, 7) is 3.95. The third-order valence-electron chi connectivity index (χ3n) is 2.49. The van der Waals surface area contributed by atoms with Gasteiger partial charge in [0.05, 0.1) is 12.4 Å². The third kappa shape index (κ3) is 1.97. The van der Waals surface area contributed by atoms with Crippen LogP contribution in [0.3, 0.4) is 0 Å². The zero-order valence-corrected chi connectivity index (χ0v) is 7.38. The van der Waals surface area contributed by atoms with E-state index in [-0.39, 0.29) is 0 Å². The van der Waals surface area contributed by atoms with E-state index in [1.807, 2.05) is 0 Å². The van der Waals surface area contributed by atoms with Gasteiger partial charge >= 0.3 is 0 Å². The van der Waals surface area contributed by atoms with Crippen LogP contribution in [-0.4, -0.2) is 32.1 Å². The molecule has 68 valence electrons. The number of hydrogen-bond donors (Lipinski definition) is 1.